The number of hydrogen-bond donors (Lipinski definition) is 2. The molecule has 2 aromatic heterocycles. The highest BCUT2D eigenvalue weighted by atomic mass is 16.5. The molecule has 3 aromatic rings. The van der Waals surface area contributed by atoms with Crippen molar-refractivity contribution in [2.75, 3.05) is 37.4 Å². The summed E-state index contributed by atoms with van der Waals surface area (Å²) < 4.78 is 6.56. The number of rotatable bonds is 4. The second-order valence-corrected chi connectivity index (χ2v) is 7.35. The van der Waals surface area contributed by atoms with Gasteiger partial charge in [0.1, 0.15) is 11.5 Å². The molecule has 3 N–H and O–H groups in total. The van der Waals surface area contributed by atoms with E-state index in [1.807, 2.05) is 25.1 Å². The molecule has 0 aliphatic carbocycles. The average Bonchev–Trinajstić information content (AvgIpc) is 2.79. The molecule has 160 valence electrons. The van der Waals surface area contributed by atoms with Crippen molar-refractivity contribution >= 4 is 23.1 Å². The SMILES string of the molecule is Cc1c(N)cccc1-c1cc(Nc2ccc(C(=O)N3CCOCC3)cn2)c(=O)n(C)n1. The molecule has 4 rings (SSSR count). The standard InChI is InChI=1S/C22H24N6O3/c1-14-16(4-3-5-17(14)23)18-12-19(22(30)27(2)26-18)25-20-7-6-15(13-24-20)21(29)28-8-10-31-11-9-28/h3-7,12-13H,8-11,23H2,1-2H3,(H,24,25). The summed E-state index contributed by atoms with van der Waals surface area (Å²) in [5.74, 6) is 0.374. The number of hydrogen-bond acceptors (Lipinski definition) is 7. The van der Waals surface area contributed by atoms with E-state index in [1.54, 1.807) is 30.1 Å². The van der Waals surface area contributed by atoms with Gasteiger partial charge in [-0.05, 0) is 36.8 Å². The second kappa shape index (κ2) is 8.57. The monoisotopic (exact) mass is 420 g/mol. The molecular weight excluding hydrogens is 396 g/mol. The summed E-state index contributed by atoms with van der Waals surface area (Å²) in [6, 6.07) is 10.6. The lowest BCUT2D eigenvalue weighted by Crippen LogP contribution is -2.40. The maximum Gasteiger partial charge on any atom is 0.290 e. The van der Waals surface area contributed by atoms with E-state index in [0.29, 0.717) is 54.8 Å². The van der Waals surface area contributed by atoms with Crippen LogP contribution in [0.1, 0.15) is 15.9 Å². The summed E-state index contributed by atoms with van der Waals surface area (Å²) in [7, 11) is 1.59. The third kappa shape index (κ3) is 4.26. The van der Waals surface area contributed by atoms with Gasteiger partial charge in [0.05, 0.1) is 24.5 Å². The van der Waals surface area contributed by atoms with Gasteiger partial charge in [0.25, 0.3) is 11.5 Å². The fraction of sp³-hybridized carbons (Fsp3) is 0.273. The normalized spacial score (nSPS) is 13.8. The molecule has 0 radical (unpaired) electrons. The van der Waals surface area contributed by atoms with Gasteiger partial charge in [-0.3, -0.25) is 9.59 Å². The van der Waals surface area contributed by atoms with Crippen molar-refractivity contribution in [3.63, 3.8) is 0 Å². The first-order chi connectivity index (χ1) is 14.9. The molecule has 0 unspecified atom stereocenters. The predicted molar refractivity (Wildman–Crippen MR) is 118 cm³/mol. The van der Waals surface area contributed by atoms with Crippen molar-refractivity contribution in [1.29, 1.82) is 0 Å². The number of ether oxygens (including phenoxy) is 1. The van der Waals surface area contributed by atoms with E-state index in [9.17, 15) is 9.59 Å². The van der Waals surface area contributed by atoms with Gasteiger partial charge < -0.3 is 20.7 Å². The Hall–Kier alpha value is -3.72. The van der Waals surface area contributed by atoms with E-state index < -0.39 is 0 Å². The van der Waals surface area contributed by atoms with Crippen LogP contribution in [0, 0.1) is 6.92 Å². The van der Waals surface area contributed by atoms with Gasteiger partial charge in [-0.15, -0.1) is 0 Å². The number of amides is 1. The molecule has 1 saturated heterocycles. The van der Waals surface area contributed by atoms with Gasteiger partial charge in [0.2, 0.25) is 0 Å². The minimum absolute atomic E-state index is 0.0818. The van der Waals surface area contributed by atoms with Crippen LogP contribution in [0.5, 0.6) is 0 Å². The van der Waals surface area contributed by atoms with Gasteiger partial charge in [0.15, 0.2) is 0 Å². The number of pyridine rings is 1. The zero-order chi connectivity index (χ0) is 22.0. The lowest BCUT2D eigenvalue weighted by molar-refractivity contribution is 0.0302. The first-order valence-electron chi connectivity index (χ1n) is 9.98. The fourth-order valence-corrected chi connectivity index (χ4v) is 3.44. The Labute approximate surface area is 179 Å². The molecular formula is C22H24N6O3. The molecule has 0 bridgehead atoms. The molecule has 3 heterocycles. The zero-order valence-electron chi connectivity index (χ0n) is 17.5. The van der Waals surface area contributed by atoms with Gasteiger partial charge in [-0.1, -0.05) is 12.1 Å². The van der Waals surface area contributed by atoms with Gasteiger partial charge >= 0.3 is 0 Å². The number of benzene rings is 1. The Morgan fingerprint density at radius 1 is 1.19 bits per heavy atom. The number of nitrogen functional groups attached to an aromatic ring is 1. The zero-order valence-corrected chi connectivity index (χ0v) is 17.5. The fourth-order valence-electron chi connectivity index (χ4n) is 3.44. The Kier molecular flexibility index (Phi) is 5.68. The van der Waals surface area contributed by atoms with Crippen LogP contribution in [0.25, 0.3) is 11.3 Å². The lowest BCUT2D eigenvalue weighted by Gasteiger charge is -2.26. The van der Waals surface area contributed by atoms with Crippen LogP contribution in [0.4, 0.5) is 17.2 Å². The van der Waals surface area contributed by atoms with Crippen LogP contribution in [-0.2, 0) is 11.8 Å². The summed E-state index contributed by atoms with van der Waals surface area (Å²) >= 11 is 0. The van der Waals surface area contributed by atoms with E-state index in [-0.39, 0.29) is 11.5 Å². The van der Waals surface area contributed by atoms with E-state index >= 15 is 0 Å². The second-order valence-electron chi connectivity index (χ2n) is 7.35. The molecule has 9 heteroatoms. The van der Waals surface area contributed by atoms with Crippen molar-refractivity contribution in [1.82, 2.24) is 19.7 Å². The molecule has 1 amide bonds. The average molecular weight is 420 g/mol. The highest BCUT2D eigenvalue weighted by Crippen LogP contribution is 2.26. The lowest BCUT2D eigenvalue weighted by atomic mass is 10.0. The summed E-state index contributed by atoms with van der Waals surface area (Å²) in [4.78, 5) is 31.2. The highest BCUT2D eigenvalue weighted by molar-refractivity contribution is 5.94. The molecule has 1 aliphatic heterocycles. The quantitative estimate of drug-likeness (QED) is 0.620. The van der Waals surface area contributed by atoms with Crippen LogP contribution in [0.2, 0.25) is 0 Å². The Morgan fingerprint density at radius 3 is 2.68 bits per heavy atom. The topological polar surface area (TPSA) is 115 Å². The maximum atomic E-state index is 12.6. The van der Waals surface area contributed by atoms with Crippen molar-refractivity contribution < 1.29 is 9.53 Å². The minimum Gasteiger partial charge on any atom is -0.398 e. The molecule has 31 heavy (non-hydrogen) atoms. The van der Waals surface area contributed by atoms with E-state index in [4.69, 9.17) is 10.5 Å². The van der Waals surface area contributed by atoms with Gasteiger partial charge in [-0.2, -0.15) is 5.10 Å². The first kappa shape index (κ1) is 20.5. The van der Waals surface area contributed by atoms with E-state index in [0.717, 1.165) is 11.1 Å². The van der Waals surface area contributed by atoms with Gasteiger partial charge in [0, 0.05) is 37.6 Å². The maximum absolute atomic E-state index is 12.6. The van der Waals surface area contributed by atoms with E-state index in [1.165, 1.54) is 10.9 Å². The number of carbonyl (C=O) groups excluding carboxylic acids is 1. The smallest absolute Gasteiger partial charge is 0.290 e. The van der Waals surface area contributed by atoms with Crippen molar-refractivity contribution in [3.8, 4) is 11.3 Å². The summed E-state index contributed by atoms with van der Waals surface area (Å²) in [6.45, 7) is 4.13. The van der Waals surface area contributed by atoms with Crippen LogP contribution in [0.3, 0.4) is 0 Å². The molecule has 1 aromatic carbocycles. The molecule has 0 spiro atoms. The number of aryl methyl sites for hydroxylation is 1. The van der Waals surface area contributed by atoms with Gasteiger partial charge in [-0.25, -0.2) is 9.67 Å². The molecule has 1 aliphatic rings. The molecule has 0 saturated carbocycles. The highest BCUT2D eigenvalue weighted by Gasteiger charge is 2.19. The number of nitrogens with zero attached hydrogens (tertiary/aromatic N) is 4. The Bertz CT molecular complexity index is 1170. The number of nitrogens with one attached hydrogen (secondary N) is 1. The first-order valence-corrected chi connectivity index (χ1v) is 9.98. The largest absolute Gasteiger partial charge is 0.398 e. The third-order valence-corrected chi connectivity index (χ3v) is 5.29. The molecule has 9 nitrogen and oxygen atoms in total. The van der Waals surface area contributed by atoms with Crippen molar-refractivity contribution in [3.05, 3.63) is 64.1 Å². The Balaban J connectivity index is 1.59. The summed E-state index contributed by atoms with van der Waals surface area (Å²) in [5.41, 5.74) is 9.56. The van der Waals surface area contributed by atoms with Crippen molar-refractivity contribution in [2.45, 2.75) is 6.92 Å². The minimum atomic E-state index is -0.291. The number of aromatic nitrogens is 3. The van der Waals surface area contributed by atoms with Crippen molar-refractivity contribution in [2.24, 2.45) is 7.05 Å². The predicted octanol–water partition coefficient (Wildman–Crippen LogP) is 1.95. The number of carbonyl (C=O) groups is 1. The number of nitrogens with two attached hydrogens (primary N) is 1. The van der Waals surface area contributed by atoms with Crippen LogP contribution < -0.4 is 16.6 Å². The number of morpholine rings is 1. The van der Waals surface area contributed by atoms with E-state index in [2.05, 4.69) is 15.4 Å². The summed E-state index contributed by atoms with van der Waals surface area (Å²) in [5, 5.41) is 7.41. The third-order valence-electron chi connectivity index (χ3n) is 5.29. The number of anilines is 3. The van der Waals surface area contributed by atoms with Crippen LogP contribution >= 0.6 is 0 Å². The molecule has 1 fully saturated rings. The Morgan fingerprint density at radius 2 is 1.97 bits per heavy atom. The molecule has 0 atom stereocenters. The van der Waals surface area contributed by atoms with Crippen LogP contribution in [-0.4, -0.2) is 51.9 Å². The summed E-state index contributed by atoms with van der Waals surface area (Å²) in [6.07, 6.45) is 1.51. The van der Waals surface area contributed by atoms with Crippen LogP contribution in [0.15, 0.2) is 47.4 Å².